The van der Waals surface area contributed by atoms with Crippen LogP contribution in [0.25, 0.3) is 0 Å². The standard InChI is InChI=1S/C22H18ClF4N3O4S/c1-34-21(33)17-14(7-30-9-22(26,27)6-15(30)20(31)32)28-19(16-5-11(25)8-35-16)29-18(17)12-3-2-10(24)4-13(12)23/h2-5,8,15,18H,6-7,9H2,1H3,(H,28,29)(H,31,32). The second kappa shape index (κ2) is 9.59. The molecule has 1 fully saturated rings. The number of carbonyl (C=O) groups is 2. The first-order valence-corrected chi connectivity index (χ1v) is 11.4. The predicted octanol–water partition coefficient (Wildman–Crippen LogP) is 3.99. The minimum Gasteiger partial charge on any atom is -0.480 e. The molecule has 186 valence electrons. The van der Waals surface area contributed by atoms with Gasteiger partial charge in [0.25, 0.3) is 5.92 Å². The van der Waals surface area contributed by atoms with Crippen LogP contribution in [0.1, 0.15) is 22.9 Å². The number of methoxy groups -OCH3 is 1. The molecule has 2 aliphatic heterocycles. The van der Waals surface area contributed by atoms with Crippen molar-refractivity contribution in [2.45, 2.75) is 24.4 Å². The zero-order valence-corrected chi connectivity index (χ0v) is 19.6. The quantitative estimate of drug-likeness (QED) is 0.433. The number of carboxylic acid groups (broad SMARTS) is 1. The summed E-state index contributed by atoms with van der Waals surface area (Å²) >= 11 is 7.24. The summed E-state index contributed by atoms with van der Waals surface area (Å²) in [7, 11) is 1.11. The predicted molar refractivity (Wildman–Crippen MR) is 120 cm³/mol. The van der Waals surface area contributed by atoms with Crippen molar-refractivity contribution in [1.29, 1.82) is 0 Å². The Morgan fingerprint density at radius 1 is 1.31 bits per heavy atom. The molecule has 2 atom stereocenters. The van der Waals surface area contributed by atoms with Crippen molar-refractivity contribution in [3.8, 4) is 0 Å². The molecular formula is C22H18ClF4N3O4S. The van der Waals surface area contributed by atoms with Gasteiger partial charge in [-0.2, -0.15) is 0 Å². The van der Waals surface area contributed by atoms with Gasteiger partial charge in [0, 0.05) is 34.6 Å². The van der Waals surface area contributed by atoms with E-state index in [0.717, 1.165) is 35.5 Å². The van der Waals surface area contributed by atoms with E-state index in [2.05, 4.69) is 10.3 Å². The third kappa shape index (κ3) is 5.19. The van der Waals surface area contributed by atoms with Gasteiger partial charge in [-0.1, -0.05) is 17.7 Å². The average molecular weight is 532 g/mol. The van der Waals surface area contributed by atoms with Gasteiger partial charge in [0.05, 0.1) is 24.1 Å². The fourth-order valence-electron chi connectivity index (χ4n) is 4.08. The molecule has 0 radical (unpaired) electrons. The molecule has 4 rings (SSSR count). The Kier molecular flexibility index (Phi) is 6.89. The van der Waals surface area contributed by atoms with Crippen LogP contribution in [0.3, 0.4) is 0 Å². The van der Waals surface area contributed by atoms with Crippen LogP contribution in [0.4, 0.5) is 17.6 Å². The zero-order valence-electron chi connectivity index (χ0n) is 18.0. The van der Waals surface area contributed by atoms with Crippen molar-refractivity contribution in [3.63, 3.8) is 0 Å². The fraction of sp³-hybridized carbons (Fsp3) is 0.318. The summed E-state index contributed by atoms with van der Waals surface area (Å²) in [5, 5.41) is 13.5. The number of benzene rings is 1. The minimum atomic E-state index is -3.25. The van der Waals surface area contributed by atoms with Crippen molar-refractivity contribution in [1.82, 2.24) is 10.2 Å². The van der Waals surface area contributed by atoms with E-state index in [1.165, 1.54) is 17.5 Å². The molecule has 7 nitrogen and oxygen atoms in total. The Morgan fingerprint density at radius 2 is 2.06 bits per heavy atom. The average Bonchev–Trinajstić information content (AvgIpc) is 3.35. The molecule has 0 saturated carbocycles. The number of amidine groups is 1. The van der Waals surface area contributed by atoms with Gasteiger partial charge in [-0.15, -0.1) is 11.3 Å². The molecule has 0 spiro atoms. The van der Waals surface area contributed by atoms with Crippen molar-refractivity contribution < 1.29 is 37.0 Å². The van der Waals surface area contributed by atoms with E-state index in [-0.39, 0.29) is 27.7 Å². The van der Waals surface area contributed by atoms with Crippen LogP contribution in [0.5, 0.6) is 0 Å². The first-order valence-electron chi connectivity index (χ1n) is 10.2. The highest BCUT2D eigenvalue weighted by molar-refractivity contribution is 7.12. The van der Waals surface area contributed by atoms with E-state index in [0.29, 0.717) is 4.88 Å². The highest BCUT2D eigenvalue weighted by Gasteiger charge is 2.49. The first kappa shape index (κ1) is 25.1. The van der Waals surface area contributed by atoms with E-state index < -0.39 is 61.1 Å². The molecule has 0 aliphatic carbocycles. The van der Waals surface area contributed by atoms with Crippen LogP contribution in [0, 0.1) is 11.6 Å². The van der Waals surface area contributed by atoms with E-state index in [4.69, 9.17) is 16.3 Å². The highest BCUT2D eigenvalue weighted by Crippen LogP contribution is 2.38. The fourth-order valence-corrected chi connectivity index (χ4v) is 5.05. The molecule has 3 heterocycles. The molecule has 0 bridgehead atoms. The lowest BCUT2D eigenvalue weighted by atomic mass is 9.95. The molecule has 2 unspecified atom stereocenters. The smallest absolute Gasteiger partial charge is 0.338 e. The molecule has 1 aromatic heterocycles. The van der Waals surface area contributed by atoms with Gasteiger partial charge < -0.3 is 15.2 Å². The Labute approximate surface area is 205 Å². The number of carboxylic acids is 1. The van der Waals surface area contributed by atoms with E-state index in [9.17, 15) is 32.3 Å². The summed E-state index contributed by atoms with van der Waals surface area (Å²) < 4.78 is 60.6. The molecular weight excluding hydrogens is 514 g/mol. The van der Waals surface area contributed by atoms with Crippen LogP contribution in [-0.2, 0) is 14.3 Å². The third-order valence-corrected chi connectivity index (χ3v) is 6.84. The lowest BCUT2D eigenvalue weighted by molar-refractivity contribution is -0.142. The van der Waals surface area contributed by atoms with Gasteiger partial charge >= 0.3 is 11.9 Å². The molecule has 2 aliphatic rings. The molecule has 2 aromatic rings. The number of hydrogen-bond acceptors (Lipinski definition) is 7. The van der Waals surface area contributed by atoms with E-state index >= 15 is 0 Å². The van der Waals surface area contributed by atoms with Crippen molar-refractivity contribution in [2.75, 3.05) is 20.2 Å². The second-order valence-electron chi connectivity index (χ2n) is 8.00. The number of nitrogens with zero attached hydrogens (tertiary/aromatic N) is 2. The van der Waals surface area contributed by atoms with Crippen LogP contribution in [0.2, 0.25) is 5.02 Å². The highest BCUT2D eigenvalue weighted by atomic mass is 35.5. The van der Waals surface area contributed by atoms with Gasteiger partial charge in [0.1, 0.15) is 29.6 Å². The normalized spacial score (nSPS) is 22.1. The summed E-state index contributed by atoms with van der Waals surface area (Å²) in [5.74, 6) is -6.65. The molecule has 1 saturated heterocycles. The number of esters is 1. The van der Waals surface area contributed by atoms with Crippen molar-refractivity contribution >= 4 is 40.7 Å². The number of likely N-dealkylation sites (tertiary alicyclic amines) is 1. The summed E-state index contributed by atoms with van der Waals surface area (Å²) in [5.41, 5.74) is 0.120. The molecule has 2 N–H and O–H groups in total. The van der Waals surface area contributed by atoms with Crippen LogP contribution in [0.15, 0.2) is 45.9 Å². The van der Waals surface area contributed by atoms with Crippen LogP contribution >= 0.6 is 22.9 Å². The maximum absolute atomic E-state index is 14.1. The summed E-state index contributed by atoms with van der Waals surface area (Å²) in [6.45, 7) is -1.26. The third-order valence-electron chi connectivity index (χ3n) is 5.60. The number of thiophene rings is 1. The summed E-state index contributed by atoms with van der Waals surface area (Å²) in [6.07, 6.45) is -0.895. The number of hydrogen-bond donors (Lipinski definition) is 2. The van der Waals surface area contributed by atoms with Gasteiger partial charge in [-0.25, -0.2) is 22.4 Å². The number of rotatable bonds is 6. The van der Waals surface area contributed by atoms with Crippen LogP contribution < -0.4 is 5.32 Å². The zero-order chi connectivity index (χ0) is 25.5. The molecule has 13 heteroatoms. The Morgan fingerprint density at radius 3 is 2.66 bits per heavy atom. The largest absolute Gasteiger partial charge is 0.480 e. The van der Waals surface area contributed by atoms with Gasteiger partial charge in [-0.3, -0.25) is 14.7 Å². The SMILES string of the molecule is COC(=O)C1=C(CN2CC(F)(F)CC2C(=O)O)NC(c2cc(F)cs2)=NC1c1ccc(F)cc1Cl. The molecule has 1 aromatic carbocycles. The topological polar surface area (TPSA) is 91.2 Å². The van der Waals surface area contributed by atoms with Gasteiger partial charge in [-0.05, 0) is 18.2 Å². The number of alkyl halides is 2. The second-order valence-corrected chi connectivity index (χ2v) is 9.32. The number of aliphatic imine (C=N–C) groups is 1. The van der Waals surface area contributed by atoms with Crippen molar-refractivity contribution in [2.24, 2.45) is 4.99 Å². The van der Waals surface area contributed by atoms with Crippen LogP contribution in [-0.4, -0.2) is 59.9 Å². The maximum atomic E-state index is 14.1. The monoisotopic (exact) mass is 531 g/mol. The van der Waals surface area contributed by atoms with Gasteiger partial charge in [0.15, 0.2) is 0 Å². The number of aliphatic carboxylic acids is 1. The molecule has 0 amide bonds. The lowest BCUT2D eigenvalue weighted by Gasteiger charge is -2.30. The minimum absolute atomic E-state index is 0.0324. The van der Waals surface area contributed by atoms with E-state index in [1.807, 2.05) is 0 Å². The van der Waals surface area contributed by atoms with E-state index in [1.54, 1.807) is 0 Å². The molecule has 35 heavy (non-hydrogen) atoms. The number of ether oxygens (including phenoxy) is 1. The van der Waals surface area contributed by atoms with Crippen molar-refractivity contribution in [3.05, 3.63) is 68.0 Å². The first-order chi connectivity index (χ1) is 16.5. The summed E-state index contributed by atoms with van der Waals surface area (Å²) in [6, 6.07) is 1.96. The number of nitrogens with one attached hydrogen (secondary N) is 1. The Balaban J connectivity index is 1.85. The number of carbonyl (C=O) groups excluding carboxylic acids is 1. The summed E-state index contributed by atoms with van der Waals surface area (Å²) in [4.78, 5) is 30.3. The Bertz CT molecular complexity index is 1250. The maximum Gasteiger partial charge on any atom is 0.338 e. The lowest BCUT2D eigenvalue weighted by Crippen LogP contribution is -2.43. The number of halogens is 5. The van der Waals surface area contributed by atoms with Gasteiger partial charge in [0.2, 0.25) is 0 Å². The Hall–Kier alpha value is -2.96.